The third kappa shape index (κ3) is 3.14. The van der Waals surface area contributed by atoms with Crippen LogP contribution in [-0.4, -0.2) is 31.0 Å². The van der Waals surface area contributed by atoms with Crippen molar-refractivity contribution in [2.75, 3.05) is 20.3 Å². The Labute approximate surface area is 88.5 Å². The van der Waals surface area contributed by atoms with Crippen molar-refractivity contribution < 1.29 is 14.4 Å². The molecule has 1 atom stereocenters. The van der Waals surface area contributed by atoms with E-state index in [1.807, 2.05) is 0 Å². The second-order valence-electron chi connectivity index (χ2n) is 3.29. The summed E-state index contributed by atoms with van der Waals surface area (Å²) in [5.74, 6) is 0. The van der Waals surface area contributed by atoms with Crippen molar-refractivity contribution in [2.45, 2.75) is 18.6 Å². The summed E-state index contributed by atoms with van der Waals surface area (Å²) in [6.45, 7) is 0.875. The monoisotopic (exact) mass is 213 g/mol. The molecule has 0 fully saturated rings. The molecule has 0 saturated carbocycles. The van der Waals surface area contributed by atoms with Gasteiger partial charge in [-0.05, 0) is 6.42 Å². The second-order valence-corrected chi connectivity index (χ2v) is 3.29. The van der Waals surface area contributed by atoms with E-state index < -0.39 is 5.72 Å². The van der Waals surface area contributed by atoms with Gasteiger partial charge in [0.2, 0.25) is 0 Å². The van der Waals surface area contributed by atoms with Crippen LogP contribution in [-0.2, 0) is 9.47 Å². The van der Waals surface area contributed by atoms with Crippen molar-refractivity contribution in [1.29, 1.82) is 0 Å². The number of ether oxygens (including phenoxy) is 2. The molecule has 0 aromatic rings. The number of rotatable bonds is 6. The first kappa shape index (κ1) is 11.9. The molecule has 0 heterocycles. The van der Waals surface area contributed by atoms with E-state index in [-0.39, 0.29) is 11.3 Å². The van der Waals surface area contributed by atoms with Crippen molar-refractivity contribution in [1.82, 2.24) is 0 Å². The SMILES string of the molecule is COCCCOC1([N+](=O)[O-])C=CC=CC1. The van der Waals surface area contributed by atoms with Crippen LogP contribution >= 0.6 is 0 Å². The lowest BCUT2D eigenvalue weighted by molar-refractivity contribution is -0.613. The van der Waals surface area contributed by atoms with Crippen molar-refractivity contribution in [3.05, 3.63) is 34.4 Å². The molecule has 5 nitrogen and oxygen atoms in total. The van der Waals surface area contributed by atoms with E-state index in [2.05, 4.69) is 0 Å². The summed E-state index contributed by atoms with van der Waals surface area (Å²) < 4.78 is 10.2. The first-order valence-electron chi connectivity index (χ1n) is 4.83. The number of methoxy groups -OCH3 is 1. The predicted octanol–water partition coefficient (Wildman–Crippen LogP) is 1.53. The fourth-order valence-electron chi connectivity index (χ4n) is 1.34. The average Bonchev–Trinajstić information content (AvgIpc) is 2.26. The van der Waals surface area contributed by atoms with Gasteiger partial charge in [-0.2, -0.15) is 0 Å². The predicted molar refractivity (Wildman–Crippen MR) is 55.1 cm³/mol. The van der Waals surface area contributed by atoms with Gasteiger partial charge in [0.15, 0.2) is 0 Å². The van der Waals surface area contributed by atoms with Crippen molar-refractivity contribution in [3.63, 3.8) is 0 Å². The van der Waals surface area contributed by atoms with E-state index in [1.165, 1.54) is 6.08 Å². The first-order chi connectivity index (χ1) is 7.21. The molecular formula is C10H15NO4. The van der Waals surface area contributed by atoms with Crippen LogP contribution in [0.1, 0.15) is 12.8 Å². The molecule has 1 unspecified atom stereocenters. The Morgan fingerprint density at radius 3 is 2.80 bits per heavy atom. The molecular weight excluding hydrogens is 198 g/mol. The number of hydrogen-bond donors (Lipinski definition) is 0. The Hall–Kier alpha value is -1.20. The molecule has 15 heavy (non-hydrogen) atoms. The molecule has 0 aromatic heterocycles. The summed E-state index contributed by atoms with van der Waals surface area (Å²) in [6.07, 6.45) is 7.58. The molecule has 0 spiro atoms. The molecule has 5 heteroatoms. The van der Waals surface area contributed by atoms with Crippen LogP contribution in [0.25, 0.3) is 0 Å². The quantitative estimate of drug-likeness (QED) is 0.290. The van der Waals surface area contributed by atoms with Gasteiger partial charge in [-0.15, -0.1) is 0 Å². The highest BCUT2D eigenvalue weighted by Gasteiger charge is 2.40. The fraction of sp³-hybridized carbons (Fsp3) is 0.600. The van der Waals surface area contributed by atoms with Crippen LogP contribution in [0.4, 0.5) is 0 Å². The fourth-order valence-corrected chi connectivity index (χ4v) is 1.34. The largest absolute Gasteiger partial charge is 0.385 e. The lowest BCUT2D eigenvalue weighted by atomic mass is 10.1. The van der Waals surface area contributed by atoms with E-state index in [9.17, 15) is 10.1 Å². The molecule has 0 radical (unpaired) electrons. The first-order valence-corrected chi connectivity index (χ1v) is 4.83. The summed E-state index contributed by atoms with van der Waals surface area (Å²) in [5.41, 5.74) is -1.37. The smallest absolute Gasteiger partial charge is 0.348 e. The lowest BCUT2D eigenvalue weighted by Gasteiger charge is -2.22. The third-order valence-electron chi connectivity index (χ3n) is 2.17. The minimum Gasteiger partial charge on any atom is -0.385 e. The summed E-state index contributed by atoms with van der Waals surface area (Å²) in [4.78, 5) is 10.5. The van der Waals surface area contributed by atoms with Crippen LogP contribution in [0.3, 0.4) is 0 Å². The van der Waals surface area contributed by atoms with E-state index >= 15 is 0 Å². The van der Waals surface area contributed by atoms with E-state index in [0.717, 1.165) is 0 Å². The molecule has 0 amide bonds. The maximum Gasteiger partial charge on any atom is 0.348 e. The second kappa shape index (κ2) is 5.63. The summed E-state index contributed by atoms with van der Waals surface area (Å²) in [6, 6.07) is 0. The average molecular weight is 213 g/mol. The molecule has 0 N–H and O–H groups in total. The topological polar surface area (TPSA) is 61.6 Å². The van der Waals surface area contributed by atoms with Crippen molar-refractivity contribution in [3.8, 4) is 0 Å². The van der Waals surface area contributed by atoms with Crippen molar-refractivity contribution in [2.24, 2.45) is 0 Å². The zero-order chi connectivity index (χ0) is 11.1. The maximum absolute atomic E-state index is 10.9. The number of nitrogens with zero attached hydrogens (tertiary/aromatic N) is 1. The molecule has 0 bridgehead atoms. The third-order valence-corrected chi connectivity index (χ3v) is 2.17. The summed E-state index contributed by atoms with van der Waals surface area (Å²) in [5, 5.41) is 10.9. The van der Waals surface area contributed by atoms with Crippen LogP contribution in [0.15, 0.2) is 24.3 Å². The number of nitro groups is 1. The molecule has 84 valence electrons. The van der Waals surface area contributed by atoms with Gasteiger partial charge in [0.1, 0.15) is 0 Å². The van der Waals surface area contributed by atoms with Crippen LogP contribution in [0.5, 0.6) is 0 Å². The van der Waals surface area contributed by atoms with Crippen molar-refractivity contribution >= 4 is 0 Å². The highest BCUT2D eigenvalue weighted by molar-refractivity contribution is 5.15. The van der Waals surface area contributed by atoms with Crippen LogP contribution < -0.4 is 0 Å². The highest BCUT2D eigenvalue weighted by atomic mass is 16.7. The van der Waals surface area contributed by atoms with E-state index in [0.29, 0.717) is 19.6 Å². The Morgan fingerprint density at radius 2 is 2.27 bits per heavy atom. The van der Waals surface area contributed by atoms with Gasteiger partial charge in [-0.25, -0.2) is 0 Å². The van der Waals surface area contributed by atoms with Gasteiger partial charge in [-0.3, -0.25) is 10.1 Å². The van der Waals surface area contributed by atoms with Gasteiger partial charge >= 0.3 is 5.72 Å². The maximum atomic E-state index is 10.9. The number of hydrogen-bond acceptors (Lipinski definition) is 4. The molecule has 1 aliphatic rings. The van der Waals surface area contributed by atoms with E-state index in [4.69, 9.17) is 9.47 Å². The Bertz CT molecular complexity index is 275. The number of allylic oxidation sites excluding steroid dienone is 2. The highest BCUT2D eigenvalue weighted by Crippen LogP contribution is 2.23. The standard InChI is InChI=1S/C10H15NO4/c1-14-8-5-9-15-10(11(12)13)6-3-2-4-7-10/h2-4,6H,5,7-9H2,1H3. The van der Waals surface area contributed by atoms with E-state index in [1.54, 1.807) is 25.3 Å². The molecule has 0 saturated heterocycles. The summed E-state index contributed by atoms with van der Waals surface area (Å²) >= 11 is 0. The molecule has 0 aromatic carbocycles. The van der Waals surface area contributed by atoms with Gasteiger partial charge in [-0.1, -0.05) is 18.2 Å². The van der Waals surface area contributed by atoms with Gasteiger partial charge in [0, 0.05) is 19.8 Å². The van der Waals surface area contributed by atoms with Gasteiger partial charge in [0.25, 0.3) is 0 Å². The minimum atomic E-state index is -1.37. The zero-order valence-electron chi connectivity index (χ0n) is 8.72. The lowest BCUT2D eigenvalue weighted by Crippen LogP contribution is -2.40. The molecule has 1 rings (SSSR count). The zero-order valence-corrected chi connectivity index (χ0v) is 8.72. The van der Waals surface area contributed by atoms with Crippen LogP contribution in [0.2, 0.25) is 0 Å². The normalized spacial score (nSPS) is 24.3. The Balaban J connectivity index is 2.48. The molecule has 0 aliphatic heterocycles. The minimum absolute atomic E-state index is 0.281. The van der Waals surface area contributed by atoms with Crippen LogP contribution in [0, 0.1) is 10.1 Å². The summed E-state index contributed by atoms with van der Waals surface area (Å²) in [7, 11) is 1.59. The Morgan fingerprint density at radius 1 is 1.47 bits per heavy atom. The van der Waals surface area contributed by atoms with Gasteiger partial charge < -0.3 is 9.47 Å². The molecule has 1 aliphatic carbocycles. The Kier molecular flexibility index (Phi) is 4.45. The van der Waals surface area contributed by atoms with Gasteiger partial charge in [0.05, 0.1) is 18.0 Å².